The minimum atomic E-state index is -1.85. The van der Waals surface area contributed by atoms with Crippen LogP contribution in [0.3, 0.4) is 0 Å². The zero-order chi connectivity index (χ0) is 65.4. The van der Waals surface area contributed by atoms with Crippen molar-refractivity contribution < 1.29 is 97.8 Å². The first-order valence-corrected chi connectivity index (χ1v) is 28.3. The number of aliphatic carboxylic acids is 2. The van der Waals surface area contributed by atoms with E-state index >= 15 is 0 Å². The summed E-state index contributed by atoms with van der Waals surface area (Å²) in [5, 5.41) is 78.3. The molecule has 33 heteroatoms. The molecule has 2 heterocycles. The van der Waals surface area contributed by atoms with E-state index in [2.05, 4.69) is 42.5 Å². The lowest BCUT2D eigenvalue weighted by Crippen LogP contribution is -2.61. The molecule has 0 spiro atoms. The van der Waals surface area contributed by atoms with E-state index in [-0.39, 0.29) is 75.6 Å². The van der Waals surface area contributed by atoms with Crippen LogP contribution in [0.2, 0.25) is 0 Å². The summed E-state index contributed by atoms with van der Waals surface area (Å²) in [5.41, 5.74) is 17.2. The molecule has 2 aliphatic rings. The fraction of sp³-hybridized carbons (Fsp3) is 0.630. The second-order valence-electron chi connectivity index (χ2n) is 22.1. The number of aliphatic hydroxyl groups excluding tert-OH is 3. The average Bonchev–Trinajstić information content (AvgIpc) is 2.44. The predicted molar refractivity (Wildman–Crippen MR) is 302 cm³/mol. The molecule has 11 atom stereocenters. The van der Waals surface area contributed by atoms with Crippen molar-refractivity contribution in [3.63, 3.8) is 0 Å². The highest BCUT2D eigenvalue weighted by atomic mass is 16.4. The second-order valence-corrected chi connectivity index (χ2v) is 22.1. The monoisotopic (exact) mass is 1230 g/mol. The normalized spacial score (nSPS) is 17.8. The lowest BCUT2D eigenvalue weighted by atomic mass is 10.0. The van der Waals surface area contributed by atoms with Gasteiger partial charge in [-0.3, -0.25) is 62.3 Å². The van der Waals surface area contributed by atoms with Crippen LogP contribution in [0.15, 0.2) is 24.3 Å². The highest BCUT2D eigenvalue weighted by molar-refractivity contribution is 6.00. The van der Waals surface area contributed by atoms with E-state index < -0.39 is 201 Å². The molecule has 484 valence electrons. The number of phenolic OH excluding ortho intramolecular Hbond substituents is 1. The molecule has 12 amide bonds. The van der Waals surface area contributed by atoms with E-state index in [0.29, 0.717) is 5.56 Å². The number of aromatic hydroxyl groups is 1. The number of nitrogens with one attached hydrogen (secondary N) is 8. The third-order valence-electron chi connectivity index (χ3n) is 14.1. The van der Waals surface area contributed by atoms with E-state index in [9.17, 15) is 97.8 Å². The topological polar surface area (TPSA) is 541 Å². The van der Waals surface area contributed by atoms with Gasteiger partial charge >= 0.3 is 11.9 Å². The van der Waals surface area contributed by atoms with Gasteiger partial charge in [-0.2, -0.15) is 0 Å². The molecule has 0 saturated carbocycles. The van der Waals surface area contributed by atoms with Gasteiger partial charge in [0.1, 0.15) is 66.2 Å². The quantitative estimate of drug-likeness (QED) is 0.0297. The van der Waals surface area contributed by atoms with Crippen LogP contribution in [-0.2, 0) is 73.5 Å². The highest BCUT2D eigenvalue weighted by Crippen LogP contribution is 2.22. The van der Waals surface area contributed by atoms with Gasteiger partial charge in [0.25, 0.3) is 0 Å². The lowest BCUT2D eigenvalue weighted by Gasteiger charge is -2.31. The number of phenols is 1. The molecule has 87 heavy (non-hydrogen) atoms. The van der Waals surface area contributed by atoms with Crippen LogP contribution < -0.4 is 59.7 Å². The first-order chi connectivity index (χ1) is 40.9. The summed E-state index contributed by atoms with van der Waals surface area (Å²) in [7, 11) is 0. The van der Waals surface area contributed by atoms with Gasteiger partial charge in [0, 0.05) is 32.4 Å². The third kappa shape index (κ3) is 23.3. The number of benzene rings is 1. The van der Waals surface area contributed by atoms with E-state index in [0.717, 1.165) is 9.80 Å². The zero-order valence-corrected chi connectivity index (χ0v) is 48.9. The molecule has 33 nitrogen and oxygen atoms in total. The van der Waals surface area contributed by atoms with Crippen LogP contribution in [0.1, 0.15) is 104 Å². The number of aliphatic hydroxyl groups is 3. The number of nitrogens with two attached hydrogens (primary N) is 3. The van der Waals surface area contributed by atoms with E-state index in [4.69, 9.17) is 17.2 Å². The molecule has 2 aliphatic heterocycles. The van der Waals surface area contributed by atoms with Crippen molar-refractivity contribution in [2.45, 2.75) is 171 Å². The van der Waals surface area contributed by atoms with Gasteiger partial charge in [-0.25, -0.2) is 4.79 Å². The summed E-state index contributed by atoms with van der Waals surface area (Å²) in [4.78, 5) is 187. The van der Waals surface area contributed by atoms with Crippen molar-refractivity contribution >= 4 is 82.8 Å². The van der Waals surface area contributed by atoms with Gasteiger partial charge in [-0.05, 0) is 80.9 Å². The number of primary amides is 2. The molecular formula is C54H83N13O20. The number of hydrogen-bond donors (Lipinski definition) is 17. The van der Waals surface area contributed by atoms with Crippen molar-refractivity contribution in [3.8, 4) is 5.75 Å². The molecule has 0 aliphatic carbocycles. The van der Waals surface area contributed by atoms with Gasteiger partial charge in [0.2, 0.25) is 70.9 Å². The van der Waals surface area contributed by atoms with E-state index in [1.165, 1.54) is 24.3 Å². The summed E-state index contributed by atoms with van der Waals surface area (Å²) < 4.78 is 0. The van der Waals surface area contributed by atoms with E-state index in [1.54, 1.807) is 13.8 Å². The number of carboxylic acid groups (broad SMARTS) is 2. The first-order valence-electron chi connectivity index (χ1n) is 28.3. The van der Waals surface area contributed by atoms with Crippen LogP contribution >= 0.6 is 0 Å². The van der Waals surface area contributed by atoms with Crippen LogP contribution in [0.5, 0.6) is 5.75 Å². The van der Waals surface area contributed by atoms with Crippen LogP contribution in [0, 0.1) is 11.8 Å². The Balaban J connectivity index is 1.77. The molecule has 0 radical (unpaired) electrons. The van der Waals surface area contributed by atoms with Gasteiger partial charge in [-0.1, -0.05) is 39.8 Å². The fourth-order valence-corrected chi connectivity index (χ4v) is 9.63. The van der Waals surface area contributed by atoms with Crippen molar-refractivity contribution in [1.29, 1.82) is 0 Å². The minimum absolute atomic E-state index is 0.0103. The summed E-state index contributed by atoms with van der Waals surface area (Å²) in [5.74, 6) is -15.6. The van der Waals surface area contributed by atoms with Gasteiger partial charge in [0.05, 0.1) is 32.3 Å². The Labute approximate surface area is 500 Å². The number of rotatable bonds is 36. The zero-order valence-electron chi connectivity index (χ0n) is 48.9. The predicted octanol–water partition coefficient (Wildman–Crippen LogP) is -6.72. The molecule has 1 aromatic rings. The Morgan fingerprint density at radius 1 is 0.506 bits per heavy atom. The number of hydrogen-bond acceptors (Lipinski definition) is 19. The number of carbonyl (C=O) groups excluding carboxylic acids is 12. The molecule has 0 aromatic heterocycles. The molecule has 3 rings (SSSR count). The van der Waals surface area contributed by atoms with Crippen molar-refractivity contribution in [2.24, 2.45) is 29.0 Å². The van der Waals surface area contributed by atoms with Crippen LogP contribution in [0.4, 0.5) is 0 Å². The molecule has 2 saturated heterocycles. The fourth-order valence-electron chi connectivity index (χ4n) is 9.63. The highest BCUT2D eigenvalue weighted by Gasteiger charge is 2.43. The number of amides is 12. The largest absolute Gasteiger partial charge is 0.508 e. The van der Waals surface area contributed by atoms with Gasteiger partial charge in [-0.15, -0.1) is 0 Å². The lowest BCUT2D eigenvalue weighted by molar-refractivity contribution is -0.144. The molecule has 0 unspecified atom stereocenters. The Morgan fingerprint density at radius 3 is 1.40 bits per heavy atom. The SMILES string of the molecule is CC(C)C[C@H](NC(=O)[C@H](CC(N)=O)NC(=O)[C@H](CCC(=O)O)NC(=O)[C@@H]1CCCN1C(=O)[C@H](CCC(N)=O)NC(=O)[C@H](CO)NC(=O)[C@@H]1CCCN1C(=O)[C@H](CO)NC(=O)[C@H](CO)NC(=O)[C@H](Cc1ccc(O)cc1)NC(=O)[C@@H](N)CC(C)C)C(=O)O. The molecule has 2 fully saturated rings. The third-order valence-corrected chi connectivity index (χ3v) is 14.1. The average molecular weight is 1230 g/mol. The number of carboxylic acids is 2. The molecule has 20 N–H and O–H groups in total. The number of nitrogens with zero attached hydrogens (tertiary/aromatic N) is 2. The van der Waals surface area contributed by atoms with Crippen LogP contribution in [0.25, 0.3) is 0 Å². The van der Waals surface area contributed by atoms with Crippen molar-refractivity contribution in [3.05, 3.63) is 29.8 Å². The number of carbonyl (C=O) groups is 14. The Kier molecular flexibility index (Phi) is 29.4. The van der Waals surface area contributed by atoms with Crippen molar-refractivity contribution in [2.75, 3.05) is 32.9 Å². The summed E-state index contributed by atoms with van der Waals surface area (Å²) >= 11 is 0. The summed E-state index contributed by atoms with van der Waals surface area (Å²) in [6.45, 7) is 3.52. The smallest absolute Gasteiger partial charge is 0.326 e. The molecule has 0 bridgehead atoms. The summed E-state index contributed by atoms with van der Waals surface area (Å²) in [6, 6.07) is -11.6. The standard InChI is InChI=1S/C54H83N13O20/c1-26(2)19-30(55)44(76)60-33(21-28-9-11-29(71)12-10-28)46(78)63-36(23-68)49(81)65-38(25-70)53(85)67-18-6-8-40(67)51(83)64-37(24-69)48(80)59-32(13-15-41(56)72)52(84)66-17-5-7-39(66)50(82)58-31(14-16-43(74)75)45(77)61-34(22-42(57)73)47(79)62-35(54(86)87)20-27(3)4/h9-12,26-27,30-40,68-71H,5-8,13-25,55H2,1-4H3,(H2,56,72)(H2,57,73)(H,58,82)(H,59,80)(H,60,76)(H,61,77)(H,62,79)(H,63,78)(H,64,83)(H,65,81)(H,74,75)(H,86,87)/t30-,31-,32-,33-,34-,35-,36-,37-,38-,39-,40-/m0/s1. The molecule has 1 aromatic carbocycles. The van der Waals surface area contributed by atoms with E-state index in [1.807, 2.05) is 13.8 Å². The Morgan fingerprint density at radius 2 is 0.920 bits per heavy atom. The minimum Gasteiger partial charge on any atom is -0.508 e. The number of likely N-dealkylation sites (tertiary alicyclic amines) is 2. The Hall–Kier alpha value is -8.56. The summed E-state index contributed by atoms with van der Waals surface area (Å²) in [6.07, 6.45) is -2.91. The van der Waals surface area contributed by atoms with Gasteiger partial charge < -0.3 is 100 Å². The molecular weight excluding hydrogens is 1150 g/mol. The van der Waals surface area contributed by atoms with Crippen molar-refractivity contribution in [1.82, 2.24) is 52.3 Å². The Bertz CT molecular complexity index is 2640. The maximum Gasteiger partial charge on any atom is 0.326 e. The van der Waals surface area contributed by atoms with Crippen LogP contribution in [-0.4, -0.2) is 223 Å². The maximum absolute atomic E-state index is 14.3. The second kappa shape index (κ2) is 35.2. The first kappa shape index (κ1) is 72.7. The maximum atomic E-state index is 14.3. The van der Waals surface area contributed by atoms with Gasteiger partial charge in [0.15, 0.2) is 0 Å².